The van der Waals surface area contributed by atoms with Crippen LogP contribution in [0.2, 0.25) is 0 Å². The SMILES string of the molecule is COc1nccc2cc(C3(N=C=O)CCCC3)ccc12. The minimum atomic E-state index is -0.382. The van der Waals surface area contributed by atoms with E-state index in [1.54, 1.807) is 19.4 Å². The summed E-state index contributed by atoms with van der Waals surface area (Å²) in [5.41, 5.74) is 0.700. The summed E-state index contributed by atoms with van der Waals surface area (Å²) in [7, 11) is 1.62. The molecule has 0 aliphatic heterocycles. The fourth-order valence-electron chi connectivity index (χ4n) is 3.11. The number of ether oxygens (including phenoxy) is 1. The van der Waals surface area contributed by atoms with Gasteiger partial charge in [0.15, 0.2) is 0 Å². The molecule has 0 saturated heterocycles. The van der Waals surface area contributed by atoms with Crippen molar-refractivity contribution in [1.82, 2.24) is 4.98 Å². The maximum Gasteiger partial charge on any atom is 0.235 e. The van der Waals surface area contributed by atoms with Crippen molar-refractivity contribution in [2.45, 2.75) is 31.2 Å². The van der Waals surface area contributed by atoms with E-state index >= 15 is 0 Å². The maximum absolute atomic E-state index is 10.8. The molecule has 2 aromatic rings. The summed E-state index contributed by atoms with van der Waals surface area (Å²) in [6.45, 7) is 0. The van der Waals surface area contributed by atoms with Crippen LogP contribution in [0.5, 0.6) is 5.88 Å². The Morgan fingerprint density at radius 3 is 2.80 bits per heavy atom. The number of benzene rings is 1. The van der Waals surface area contributed by atoms with E-state index in [9.17, 15) is 4.79 Å². The molecule has 3 rings (SSSR count). The van der Waals surface area contributed by atoms with E-state index < -0.39 is 0 Å². The lowest BCUT2D eigenvalue weighted by Crippen LogP contribution is -2.18. The van der Waals surface area contributed by atoms with Crippen molar-refractivity contribution in [3.8, 4) is 5.88 Å². The second-order valence-electron chi connectivity index (χ2n) is 5.20. The van der Waals surface area contributed by atoms with Crippen LogP contribution < -0.4 is 4.74 Å². The number of rotatable bonds is 3. The Balaban J connectivity index is 2.15. The van der Waals surface area contributed by atoms with Gasteiger partial charge in [0.2, 0.25) is 12.0 Å². The Labute approximate surface area is 117 Å². The molecule has 0 bridgehead atoms. The zero-order chi connectivity index (χ0) is 14.0. The van der Waals surface area contributed by atoms with Crippen molar-refractivity contribution in [3.63, 3.8) is 0 Å². The highest BCUT2D eigenvalue weighted by Crippen LogP contribution is 2.43. The van der Waals surface area contributed by atoms with Crippen molar-refractivity contribution in [2.75, 3.05) is 7.11 Å². The lowest BCUT2D eigenvalue weighted by atomic mass is 9.88. The van der Waals surface area contributed by atoms with Crippen molar-refractivity contribution in [3.05, 3.63) is 36.0 Å². The van der Waals surface area contributed by atoms with Crippen LogP contribution in [0, 0.1) is 0 Å². The Morgan fingerprint density at radius 1 is 1.30 bits per heavy atom. The van der Waals surface area contributed by atoms with Crippen LogP contribution in [0.3, 0.4) is 0 Å². The van der Waals surface area contributed by atoms with Gasteiger partial charge < -0.3 is 4.74 Å². The van der Waals surface area contributed by atoms with Gasteiger partial charge in [-0.3, -0.25) is 0 Å². The van der Waals surface area contributed by atoms with E-state index in [-0.39, 0.29) is 5.54 Å². The zero-order valence-electron chi connectivity index (χ0n) is 11.4. The number of pyridine rings is 1. The van der Waals surface area contributed by atoms with Crippen molar-refractivity contribution in [2.24, 2.45) is 4.99 Å². The zero-order valence-corrected chi connectivity index (χ0v) is 11.4. The minimum absolute atomic E-state index is 0.382. The van der Waals surface area contributed by atoms with Gasteiger partial charge >= 0.3 is 0 Å². The predicted octanol–water partition coefficient (Wildman–Crippen LogP) is 3.35. The fraction of sp³-hybridized carbons (Fsp3) is 0.375. The second-order valence-corrected chi connectivity index (χ2v) is 5.20. The number of hydrogen-bond donors (Lipinski definition) is 0. The Hall–Kier alpha value is -2.19. The third-order valence-corrected chi connectivity index (χ3v) is 4.15. The average Bonchev–Trinajstić information content (AvgIpc) is 2.96. The number of fused-ring (bicyclic) bond motifs is 1. The summed E-state index contributed by atoms with van der Waals surface area (Å²) < 4.78 is 5.27. The Kier molecular flexibility index (Phi) is 3.25. The topological polar surface area (TPSA) is 51.6 Å². The van der Waals surface area contributed by atoms with Crippen LogP contribution in [-0.2, 0) is 10.3 Å². The van der Waals surface area contributed by atoms with Gasteiger partial charge in [-0.25, -0.2) is 9.78 Å². The highest BCUT2D eigenvalue weighted by atomic mass is 16.5. The molecule has 102 valence electrons. The minimum Gasteiger partial charge on any atom is -0.481 e. The average molecular weight is 268 g/mol. The molecule has 1 aromatic heterocycles. The van der Waals surface area contributed by atoms with Crippen molar-refractivity contribution in [1.29, 1.82) is 0 Å². The van der Waals surface area contributed by atoms with Gasteiger partial charge in [0.1, 0.15) is 0 Å². The van der Waals surface area contributed by atoms with Crippen molar-refractivity contribution < 1.29 is 9.53 Å². The number of aromatic nitrogens is 1. The molecule has 0 spiro atoms. The van der Waals surface area contributed by atoms with Gasteiger partial charge in [-0.15, -0.1) is 0 Å². The van der Waals surface area contributed by atoms with Crippen molar-refractivity contribution >= 4 is 16.9 Å². The van der Waals surface area contributed by atoms with Crippen LogP contribution in [-0.4, -0.2) is 18.2 Å². The molecule has 1 aliphatic carbocycles. The van der Waals surface area contributed by atoms with Gasteiger partial charge in [0, 0.05) is 11.6 Å². The normalized spacial score (nSPS) is 16.9. The summed E-state index contributed by atoms with van der Waals surface area (Å²) >= 11 is 0. The standard InChI is InChI=1S/C16H16N2O2/c1-20-15-14-5-4-13(10-12(14)6-9-17-15)16(18-11-19)7-2-3-8-16/h4-6,9-10H,2-3,7-8H2,1H3. The van der Waals surface area contributed by atoms with Crippen LogP contribution in [0.1, 0.15) is 31.2 Å². The van der Waals surface area contributed by atoms with Crippen LogP contribution in [0.15, 0.2) is 35.5 Å². The smallest absolute Gasteiger partial charge is 0.235 e. The lowest BCUT2D eigenvalue weighted by Gasteiger charge is -2.23. The number of isocyanates is 1. The fourth-order valence-corrected chi connectivity index (χ4v) is 3.11. The summed E-state index contributed by atoms with van der Waals surface area (Å²) in [5.74, 6) is 0.619. The number of hydrogen-bond acceptors (Lipinski definition) is 4. The van der Waals surface area contributed by atoms with E-state index in [4.69, 9.17) is 4.74 Å². The lowest BCUT2D eigenvalue weighted by molar-refractivity contribution is 0.403. The maximum atomic E-state index is 10.8. The molecule has 4 nitrogen and oxygen atoms in total. The molecule has 0 unspecified atom stereocenters. The first-order valence-corrected chi connectivity index (χ1v) is 6.81. The first-order chi connectivity index (χ1) is 9.79. The molecule has 0 radical (unpaired) electrons. The van der Waals surface area contributed by atoms with Gasteiger partial charge in [-0.05, 0) is 42.0 Å². The van der Waals surface area contributed by atoms with Crippen LogP contribution in [0.25, 0.3) is 10.8 Å². The number of methoxy groups -OCH3 is 1. The highest BCUT2D eigenvalue weighted by Gasteiger charge is 2.35. The third kappa shape index (κ3) is 1.98. The summed E-state index contributed by atoms with van der Waals surface area (Å²) in [4.78, 5) is 19.1. The molecule has 1 aromatic carbocycles. The molecule has 0 atom stereocenters. The quantitative estimate of drug-likeness (QED) is 0.633. The number of nitrogens with zero attached hydrogens (tertiary/aromatic N) is 2. The van der Waals surface area contributed by atoms with Crippen LogP contribution in [0.4, 0.5) is 0 Å². The largest absolute Gasteiger partial charge is 0.481 e. The molecule has 1 fully saturated rings. The molecule has 4 heteroatoms. The monoisotopic (exact) mass is 268 g/mol. The van der Waals surface area contributed by atoms with E-state index in [1.165, 1.54) is 0 Å². The molecular weight excluding hydrogens is 252 g/mol. The van der Waals surface area contributed by atoms with E-state index in [2.05, 4.69) is 16.0 Å². The molecule has 20 heavy (non-hydrogen) atoms. The Morgan fingerprint density at radius 2 is 2.10 bits per heavy atom. The van der Waals surface area contributed by atoms with Crippen LogP contribution >= 0.6 is 0 Å². The van der Waals surface area contributed by atoms with Gasteiger partial charge in [0.25, 0.3) is 0 Å². The highest BCUT2D eigenvalue weighted by molar-refractivity contribution is 5.87. The molecule has 0 amide bonds. The number of aliphatic imine (C=N–C) groups is 1. The van der Waals surface area contributed by atoms with E-state index in [1.807, 2.05) is 18.2 Å². The summed E-state index contributed by atoms with van der Waals surface area (Å²) in [5, 5.41) is 2.03. The predicted molar refractivity (Wildman–Crippen MR) is 76.6 cm³/mol. The molecular formula is C16H16N2O2. The molecule has 1 aliphatic rings. The third-order valence-electron chi connectivity index (χ3n) is 4.15. The first-order valence-electron chi connectivity index (χ1n) is 6.81. The summed E-state index contributed by atoms with van der Waals surface area (Å²) in [6.07, 6.45) is 7.51. The molecule has 0 N–H and O–H groups in total. The Bertz CT molecular complexity index is 684. The van der Waals surface area contributed by atoms with Gasteiger partial charge in [-0.1, -0.05) is 18.9 Å². The second kappa shape index (κ2) is 5.06. The first kappa shape index (κ1) is 12.8. The van der Waals surface area contributed by atoms with E-state index in [0.717, 1.165) is 42.0 Å². The van der Waals surface area contributed by atoms with Gasteiger partial charge in [-0.2, -0.15) is 4.99 Å². The number of carbonyl (C=O) groups excluding carboxylic acids is 1. The van der Waals surface area contributed by atoms with E-state index in [0.29, 0.717) is 5.88 Å². The van der Waals surface area contributed by atoms with Gasteiger partial charge in [0.05, 0.1) is 12.6 Å². The molecule has 1 heterocycles. The molecule has 1 saturated carbocycles. The summed E-state index contributed by atoms with van der Waals surface area (Å²) in [6, 6.07) is 8.07.